The molecule has 5 nitrogen and oxygen atoms in total. The van der Waals surface area contributed by atoms with Crippen molar-refractivity contribution >= 4 is 16.8 Å². The molecule has 1 atom stereocenters. The first-order valence-corrected chi connectivity index (χ1v) is 10.6. The number of hydrogen-bond acceptors (Lipinski definition) is 5. The molecule has 1 N–H and O–H groups in total. The lowest BCUT2D eigenvalue weighted by atomic mass is 9.98. The van der Waals surface area contributed by atoms with Crippen LogP contribution in [0.2, 0.25) is 0 Å². The van der Waals surface area contributed by atoms with Crippen LogP contribution in [0.1, 0.15) is 32.0 Å². The zero-order chi connectivity index (χ0) is 21.6. The van der Waals surface area contributed by atoms with Crippen molar-refractivity contribution in [1.82, 2.24) is 15.0 Å². The second kappa shape index (κ2) is 9.58. The van der Waals surface area contributed by atoms with E-state index in [9.17, 15) is 9.90 Å². The van der Waals surface area contributed by atoms with Crippen molar-refractivity contribution in [1.29, 1.82) is 0 Å². The molecule has 0 saturated heterocycles. The molecule has 2 heterocycles. The Morgan fingerprint density at radius 1 is 0.935 bits per heavy atom. The van der Waals surface area contributed by atoms with Gasteiger partial charge in [0.05, 0.1) is 29.9 Å². The molecule has 0 aliphatic heterocycles. The van der Waals surface area contributed by atoms with Gasteiger partial charge in [-0.25, -0.2) is 15.0 Å². The smallest absolute Gasteiger partial charge is 0.140 e. The number of carbonyl (C=O) groups excluding carboxylic acids is 1. The maximum absolute atomic E-state index is 12.3. The number of ketones is 1. The van der Waals surface area contributed by atoms with E-state index in [2.05, 4.69) is 22.1 Å². The number of pyridine rings is 1. The number of Topliss-reactive ketones (excluding diaryl/α,β-unsaturated/α-hetero) is 1. The van der Waals surface area contributed by atoms with Crippen LogP contribution in [-0.4, -0.2) is 31.9 Å². The van der Waals surface area contributed by atoms with Crippen LogP contribution in [0.15, 0.2) is 72.9 Å². The Labute approximate surface area is 181 Å². The van der Waals surface area contributed by atoms with Crippen LogP contribution in [0, 0.1) is 0 Å². The molecule has 0 aliphatic carbocycles. The van der Waals surface area contributed by atoms with Crippen molar-refractivity contribution in [3.8, 4) is 22.4 Å². The molecule has 0 bridgehead atoms. The summed E-state index contributed by atoms with van der Waals surface area (Å²) in [6.07, 6.45) is 2.87. The SMILES string of the molecule is CC[C@@H](O)CCC(=O)Cc1ncc2nc(-c3ccccc3)c(-c3ccccc3)cc2n1. The van der Waals surface area contributed by atoms with E-state index >= 15 is 0 Å². The highest BCUT2D eigenvalue weighted by molar-refractivity contribution is 5.89. The highest BCUT2D eigenvalue weighted by Crippen LogP contribution is 2.32. The highest BCUT2D eigenvalue weighted by Gasteiger charge is 2.14. The van der Waals surface area contributed by atoms with Crippen molar-refractivity contribution in [2.75, 3.05) is 0 Å². The minimum atomic E-state index is -0.435. The third-order valence-electron chi connectivity index (χ3n) is 5.33. The van der Waals surface area contributed by atoms with Crippen molar-refractivity contribution in [3.05, 3.63) is 78.8 Å². The number of carbonyl (C=O) groups is 1. The van der Waals surface area contributed by atoms with Gasteiger partial charge in [0.1, 0.15) is 17.1 Å². The fourth-order valence-corrected chi connectivity index (χ4v) is 3.54. The van der Waals surface area contributed by atoms with Gasteiger partial charge in [-0.2, -0.15) is 0 Å². The maximum Gasteiger partial charge on any atom is 0.140 e. The van der Waals surface area contributed by atoms with Crippen LogP contribution in [0.4, 0.5) is 0 Å². The van der Waals surface area contributed by atoms with Crippen LogP contribution in [0.25, 0.3) is 33.4 Å². The largest absolute Gasteiger partial charge is 0.393 e. The van der Waals surface area contributed by atoms with Crippen LogP contribution in [-0.2, 0) is 11.2 Å². The first-order valence-electron chi connectivity index (χ1n) is 10.6. The lowest BCUT2D eigenvalue weighted by molar-refractivity contribution is -0.119. The monoisotopic (exact) mass is 411 g/mol. The number of aliphatic hydroxyl groups is 1. The van der Waals surface area contributed by atoms with Gasteiger partial charge in [0, 0.05) is 17.5 Å². The molecule has 31 heavy (non-hydrogen) atoms. The predicted molar refractivity (Wildman–Crippen MR) is 122 cm³/mol. The molecule has 2 aromatic carbocycles. The summed E-state index contributed by atoms with van der Waals surface area (Å²) in [6.45, 7) is 1.91. The van der Waals surface area contributed by atoms with Crippen molar-refractivity contribution in [2.45, 2.75) is 38.7 Å². The molecular formula is C26H25N3O2. The third-order valence-corrected chi connectivity index (χ3v) is 5.33. The van der Waals surface area contributed by atoms with Crippen LogP contribution < -0.4 is 0 Å². The average molecular weight is 412 g/mol. The summed E-state index contributed by atoms with van der Waals surface area (Å²) in [5.74, 6) is 0.515. The van der Waals surface area contributed by atoms with E-state index in [1.165, 1.54) is 0 Å². The first-order chi connectivity index (χ1) is 15.1. The van der Waals surface area contributed by atoms with Gasteiger partial charge < -0.3 is 5.11 Å². The van der Waals surface area contributed by atoms with E-state index in [1.807, 2.05) is 61.5 Å². The van der Waals surface area contributed by atoms with Gasteiger partial charge in [-0.3, -0.25) is 4.79 Å². The lowest BCUT2D eigenvalue weighted by Crippen LogP contribution is -2.11. The Kier molecular flexibility index (Phi) is 6.43. The number of nitrogens with zero attached hydrogens (tertiary/aromatic N) is 3. The number of fused-ring (bicyclic) bond motifs is 1. The zero-order valence-corrected chi connectivity index (χ0v) is 17.5. The predicted octanol–water partition coefficient (Wildman–Crippen LogP) is 5.02. The molecule has 0 amide bonds. The Bertz CT molecular complexity index is 1180. The quantitative estimate of drug-likeness (QED) is 0.440. The number of rotatable bonds is 8. The second-order valence-corrected chi connectivity index (χ2v) is 7.62. The van der Waals surface area contributed by atoms with Crippen molar-refractivity contribution in [3.63, 3.8) is 0 Å². The molecule has 2 aromatic heterocycles. The third kappa shape index (κ3) is 5.01. The average Bonchev–Trinajstić information content (AvgIpc) is 2.82. The molecule has 0 radical (unpaired) electrons. The highest BCUT2D eigenvalue weighted by atomic mass is 16.3. The minimum Gasteiger partial charge on any atom is -0.393 e. The summed E-state index contributed by atoms with van der Waals surface area (Å²) in [5.41, 5.74) is 5.35. The molecule has 0 aliphatic rings. The fraction of sp³-hybridized carbons (Fsp3) is 0.231. The van der Waals surface area contributed by atoms with E-state index in [-0.39, 0.29) is 12.2 Å². The normalized spacial score (nSPS) is 12.1. The summed E-state index contributed by atoms with van der Waals surface area (Å²) in [6, 6.07) is 22.2. The molecular weight excluding hydrogens is 386 g/mol. The Morgan fingerprint density at radius 2 is 1.61 bits per heavy atom. The minimum absolute atomic E-state index is 0.0315. The zero-order valence-electron chi connectivity index (χ0n) is 17.5. The number of hydrogen-bond donors (Lipinski definition) is 1. The van der Waals surface area contributed by atoms with Gasteiger partial charge in [0.2, 0.25) is 0 Å². The van der Waals surface area contributed by atoms with Gasteiger partial charge >= 0.3 is 0 Å². The lowest BCUT2D eigenvalue weighted by Gasteiger charge is -2.12. The fourth-order valence-electron chi connectivity index (χ4n) is 3.54. The van der Waals surface area contributed by atoms with E-state index in [4.69, 9.17) is 4.98 Å². The van der Waals surface area contributed by atoms with E-state index in [1.54, 1.807) is 6.20 Å². The topological polar surface area (TPSA) is 76.0 Å². The van der Waals surface area contributed by atoms with Crippen LogP contribution in [0.3, 0.4) is 0 Å². The van der Waals surface area contributed by atoms with Crippen LogP contribution >= 0.6 is 0 Å². The number of benzene rings is 2. The molecule has 5 heteroatoms. The Morgan fingerprint density at radius 3 is 2.29 bits per heavy atom. The summed E-state index contributed by atoms with van der Waals surface area (Å²) < 4.78 is 0. The molecule has 0 saturated carbocycles. The molecule has 0 spiro atoms. The van der Waals surface area contributed by atoms with Gasteiger partial charge in [-0.1, -0.05) is 67.6 Å². The van der Waals surface area contributed by atoms with Gasteiger partial charge in [-0.15, -0.1) is 0 Å². The van der Waals surface area contributed by atoms with Gasteiger partial charge in [0.15, 0.2) is 0 Å². The molecule has 156 valence electrons. The van der Waals surface area contributed by atoms with Gasteiger partial charge in [0.25, 0.3) is 0 Å². The number of aliphatic hydroxyl groups excluding tert-OH is 1. The molecule has 0 unspecified atom stereocenters. The number of aromatic nitrogens is 3. The molecule has 4 aromatic rings. The first kappa shape index (κ1) is 20.8. The summed E-state index contributed by atoms with van der Waals surface area (Å²) in [7, 11) is 0. The molecule has 0 fully saturated rings. The maximum atomic E-state index is 12.3. The van der Waals surface area contributed by atoms with Crippen molar-refractivity contribution < 1.29 is 9.90 Å². The Hall–Kier alpha value is -3.44. The summed E-state index contributed by atoms with van der Waals surface area (Å²) in [5, 5.41) is 9.68. The van der Waals surface area contributed by atoms with E-state index in [0.29, 0.717) is 36.1 Å². The van der Waals surface area contributed by atoms with Crippen molar-refractivity contribution in [2.24, 2.45) is 0 Å². The summed E-state index contributed by atoms with van der Waals surface area (Å²) >= 11 is 0. The van der Waals surface area contributed by atoms with E-state index < -0.39 is 6.10 Å². The Balaban J connectivity index is 1.70. The second-order valence-electron chi connectivity index (χ2n) is 7.62. The van der Waals surface area contributed by atoms with E-state index in [0.717, 1.165) is 22.4 Å². The van der Waals surface area contributed by atoms with Crippen LogP contribution in [0.5, 0.6) is 0 Å². The summed E-state index contributed by atoms with van der Waals surface area (Å²) in [4.78, 5) is 26.2. The van der Waals surface area contributed by atoms with Gasteiger partial charge in [-0.05, 0) is 24.5 Å². The molecule has 4 rings (SSSR count). The standard InChI is InChI=1S/C26H25N3O2/c1-2-20(30)13-14-21(31)15-25-27-17-24-23(28-25)16-22(18-9-5-3-6-10-18)26(29-24)19-11-7-4-8-12-19/h3-12,16-17,20,30H,2,13-15H2,1H3/t20-/m1/s1.